The van der Waals surface area contributed by atoms with E-state index in [1.165, 1.54) is 55.5 Å². The van der Waals surface area contributed by atoms with Gasteiger partial charge in [0.15, 0.2) is 5.96 Å². The predicted molar refractivity (Wildman–Crippen MR) is 304 cm³/mol. The van der Waals surface area contributed by atoms with Gasteiger partial charge < -0.3 is 80.8 Å². The molecule has 7 atom stereocenters. The first-order valence-corrected chi connectivity index (χ1v) is 27.5. The molecule has 0 saturated heterocycles. The van der Waals surface area contributed by atoms with Gasteiger partial charge in [0, 0.05) is 58.0 Å². The van der Waals surface area contributed by atoms with E-state index in [0.29, 0.717) is 30.4 Å². The molecule has 19 N–H and O–H groups in total. The number of rotatable bonds is 38. The Labute approximate surface area is 485 Å². The summed E-state index contributed by atoms with van der Waals surface area (Å²) in [4.78, 5) is 163. The van der Waals surface area contributed by atoms with Crippen LogP contribution in [-0.2, 0) is 70.4 Å². The Kier molecular flexibility index (Phi) is 29.3. The first-order chi connectivity index (χ1) is 39.8. The van der Waals surface area contributed by atoms with Gasteiger partial charge in [-0.25, -0.2) is 0 Å². The molecule has 1 heterocycles. The summed E-state index contributed by atoms with van der Waals surface area (Å²) in [6.07, 6.45) is 2.11. The van der Waals surface area contributed by atoms with Gasteiger partial charge in [-0.3, -0.25) is 67.4 Å². The number of benzene rings is 2. The molecule has 0 spiro atoms. The molecule has 1 aliphatic rings. The zero-order chi connectivity index (χ0) is 62.5. The summed E-state index contributed by atoms with van der Waals surface area (Å²) < 4.78 is 0. The van der Waals surface area contributed by atoms with Crippen molar-refractivity contribution in [3.05, 3.63) is 71.8 Å². The topological polar surface area (TPSA) is 481 Å². The number of aliphatic carboxylic acids is 1. The molecule has 0 aromatic heterocycles. The lowest BCUT2D eigenvalue weighted by molar-refractivity contribution is -0.141. The zero-order valence-electron chi connectivity index (χ0n) is 47.4. The lowest BCUT2D eigenvalue weighted by atomic mass is 9.99. The molecule has 29 nitrogen and oxygen atoms in total. The molecule has 0 saturated carbocycles. The van der Waals surface area contributed by atoms with Crippen molar-refractivity contribution in [3.63, 3.8) is 0 Å². The molecular formula is C55H80N14O15. The Hall–Kier alpha value is -9.15. The van der Waals surface area contributed by atoms with Crippen molar-refractivity contribution in [1.29, 1.82) is 0 Å². The molecule has 0 fully saturated rings. The maximum Gasteiger partial charge on any atom is 0.305 e. The molecular weight excluding hydrogens is 1100 g/mol. The largest absolute Gasteiger partial charge is 0.508 e. The molecule has 1 aliphatic heterocycles. The summed E-state index contributed by atoms with van der Waals surface area (Å²) in [5.74, 6) is -10.9. The van der Waals surface area contributed by atoms with Crippen LogP contribution in [0.3, 0.4) is 0 Å². The van der Waals surface area contributed by atoms with Gasteiger partial charge in [-0.15, -0.1) is 0 Å². The SMILES string of the molecule is CC(=O)N[C@@H](CCCN=C(N)N)C(=O)N[C@@H](CCCCN)C(=O)N[C@@H](CC(C)C)C(=O)N[C@@H](Cc1ccc(O)cc1)C(=O)N[C@@H](CC(=O)O)C(=O)N[C@@H](Cc1ccc(O)cc1)C(=O)N[C@@H](CCCCNC(=O)CCN1C(=O)C=CC1=O)C(N)=O. The van der Waals surface area contributed by atoms with E-state index in [4.69, 9.17) is 22.9 Å². The quantitative estimate of drug-likeness (QED) is 0.0139. The zero-order valence-corrected chi connectivity index (χ0v) is 47.4. The standard InChI is InChI=1S/C55H80N14O15/c1-31(2)27-40(65-50(80)39(10-4-6-23-56)64-49(79)38(62-32(3)70)11-8-25-61-55(58)59)51(81)66-42(29-34-14-18-36(72)19-15-34)53(83)68-43(30-47(76)77)54(84)67-41(28-33-12-16-35(71)17-13-33)52(82)63-37(48(57)78)9-5-7-24-60-44(73)22-26-69-45(74)20-21-46(69)75/h12-21,31,37-43,71-72H,4-11,22-30,56H2,1-3H3,(H2,57,78)(H,60,73)(H,62,70)(H,63,82)(H,64,79)(H,65,80)(H,66,81)(H,67,84)(H,68,83)(H,76,77)(H4,58,59,61)/t37-,38-,39-,40-,41-,42-,43-/m0/s1. The highest BCUT2D eigenvalue weighted by Gasteiger charge is 2.35. The minimum Gasteiger partial charge on any atom is -0.508 e. The van der Waals surface area contributed by atoms with E-state index in [0.717, 1.165) is 17.1 Å². The number of aliphatic imine (C=N–C) groups is 1. The number of hydrogen-bond acceptors (Lipinski definition) is 16. The number of carboxylic acid groups (broad SMARTS) is 1. The van der Waals surface area contributed by atoms with Crippen LogP contribution in [0, 0.1) is 5.92 Å². The molecule has 11 amide bonds. The van der Waals surface area contributed by atoms with Crippen LogP contribution in [0.5, 0.6) is 11.5 Å². The molecule has 3 rings (SSSR count). The first kappa shape index (κ1) is 69.1. The number of carbonyl (C=O) groups excluding carboxylic acids is 11. The smallest absolute Gasteiger partial charge is 0.305 e. The van der Waals surface area contributed by atoms with Gasteiger partial charge in [0.05, 0.1) is 6.42 Å². The minimum atomic E-state index is -1.93. The van der Waals surface area contributed by atoms with Gasteiger partial charge in [-0.1, -0.05) is 38.1 Å². The van der Waals surface area contributed by atoms with E-state index in [1.54, 1.807) is 13.8 Å². The molecule has 29 heteroatoms. The Morgan fingerprint density at radius 2 is 0.988 bits per heavy atom. The van der Waals surface area contributed by atoms with Gasteiger partial charge in [-0.05, 0) is 106 Å². The van der Waals surface area contributed by atoms with E-state index < -0.39 is 120 Å². The van der Waals surface area contributed by atoms with Crippen molar-refractivity contribution in [3.8, 4) is 11.5 Å². The van der Waals surface area contributed by atoms with Crippen molar-refractivity contribution >= 4 is 76.9 Å². The third-order valence-electron chi connectivity index (χ3n) is 13.0. The molecule has 2 aromatic rings. The highest BCUT2D eigenvalue weighted by molar-refractivity contribution is 6.13. The number of carboxylic acids is 1. The lowest BCUT2D eigenvalue weighted by Gasteiger charge is -2.28. The maximum absolute atomic E-state index is 14.5. The van der Waals surface area contributed by atoms with Crippen LogP contribution in [0.15, 0.2) is 65.7 Å². The summed E-state index contributed by atoms with van der Waals surface area (Å²) in [7, 11) is 0. The monoisotopic (exact) mass is 1180 g/mol. The second-order valence-electron chi connectivity index (χ2n) is 20.5. The highest BCUT2D eigenvalue weighted by Crippen LogP contribution is 2.16. The number of phenolic OH excluding ortho intramolecular Hbond substituents is 2. The second-order valence-corrected chi connectivity index (χ2v) is 20.5. The summed E-state index contributed by atoms with van der Waals surface area (Å²) in [5, 5.41) is 50.5. The Morgan fingerprint density at radius 1 is 0.560 bits per heavy atom. The van der Waals surface area contributed by atoms with Crippen LogP contribution in [0.1, 0.15) is 103 Å². The molecule has 2 aromatic carbocycles. The molecule has 0 aliphatic carbocycles. The molecule has 460 valence electrons. The van der Waals surface area contributed by atoms with Crippen LogP contribution in [0.25, 0.3) is 0 Å². The average Bonchev–Trinajstić information content (AvgIpc) is 3.88. The van der Waals surface area contributed by atoms with Gasteiger partial charge in [0.2, 0.25) is 53.2 Å². The number of nitrogens with zero attached hydrogens (tertiary/aromatic N) is 2. The fourth-order valence-corrected chi connectivity index (χ4v) is 8.59. The van der Waals surface area contributed by atoms with Crippen LogP contribution in [0.2, 0.25) is 0 Å². The fraction of sp³-hybridized carbons (Fsp3) is 0.509. The molecule has 84 heavy (non-hydrogen) atoms. The van der Waals surface area contributed by atoms with Crippen LogP contribution in [0.4, 0.5) is 0 Å². The number of hydrogen-bond donors (Lipinski definition) is 15. The fourth-order valence-electron chi connectivity index (χ4n) is 8.59. The Morgan fingerprint density at radius 3 is 1.48 bits per heavy atom. The third kappa shape index (κ3) is 25.8. The van der Waals surface area contributed by atoms with E-state index in [9.17, 15) is 72.9 Å². The molecule has 0 radical (unpaired) electrons. The summed E-state index contributed by atoms with van der Waals surface area (Å²) >= 11 is 0. The number of unbranched alkanes of at least 4 members (excludes halogenated alkanes) is 2. The average molecular weight is 1180 g/mol. The van der Waals surface area contributed by atoms with E-state index in [2.05, 4.69) is 47.5 Å². The van der Waals surface area contributed by atoms with Crippen molar-refractivity contribution in [2.24, 2.45) is 33.8 Å². The van der Waals surface area contributed by atoms with E-state index in [1.807, 2.05) is 0 Å². The minimum absolute atomic E-state index is 0.00956. The number of nitrogens with one attached hydrogen (secondary N) is 8. The van der Waals surface area contributed by atoms with Gasteiger partial charge in [-0.2, -0.15) is 0 Å². The summed E-state index contributed by atoms with van der Waals surface area (Å²) in [6, 6.07) is 0.809. The lowest BCUT2D eigenvalue weighted by Crippen LogP contribution is -2.60. The number of aromatic hydroxyl groups is 2. The number of imide groups is 1. The third-order valence-corrected chi connectivity index (χ3v) is 13.0. The van der Waals surface area contributed by atoms with Crippen molar-refractivity contribution in [2.75, 3.05) is 26.2 Å². The molecule has 0 bridgehead atoms. The van der Waals surface area contributed by atoms with Crippen LogP contribution < -0.4 is 65.5 Å². The number of carbonyl (C=O) groups is 12. The number of primary amides is 1. The van der Waals surface area contributed by atoms with Gasteiger partial charge in [0.1, 0.15) is 53.8 Å². The van der Waals surface area contributed by atoms with Crippen molar-refractivity contribution in [1.82, 2.24) is 47.4 Å². The van der Waals surface area contributed by atoms with Gasteiger partial charge >= 0.3 is 5.97 Å². The predicted octanol–water partition coefficient (Wildman–Crippen LogP) is -2.91. The number of guanidine groups is 1. The number of phenols is 2. The summed E-state index contributed by atoms with van der Waals surface area (Å²) in [6.45, 7) is 5.13. The Balaban J connectivity index is 1.87. The first-order valence-electron chi connectivity index (χ1n) is 27.5. The normalized spacial score (nSPS) is 14.3. The van der Waals surface area contributed by atoms with Gasteiger partial charge in [0.25, 0.3) is 11.8 Å². The number of amides is 11. The van der Waals surface area contributed by atoms with Crippen LogP contribution >= 0.6 is 0 Å². The van der Waals surface area contributed by atoms with Crippen molar-refractivity contribution < 1.29 is 72.9 Å². The van der Waals surface area contributed by atoms with Crippen molar-refractivity contribution in [2.45, 2.75) is 147 Å². The highest BCUT2D eigenvalue weighted by atomic mass is 16.4. The second kappa shape index (κ2) is 35.7. The Bertz CT molecular complexity index is 2660. The summed E-state index contributed by atoms with van der Waals surface area (Å²) in [5.41, 5.74) is 23.0. The van der Waals surface area contributed by atoms with E-state index >= 15 is 0 Å². The van der Waals surface area contributed by atoms with Crippen LogP contribution in [-0.4, -0.2) is 166 Å². The number of nitrogens with two attached hydrogens (primary N) is 4. The maximum atomic E-state index is 14.5. The van der Waals surface area contributed by atoms with E-state index in [-0.39, 0.29) is 107 Å². The molecule has 0 unspecified atom stereocenters.